The summed E-state index contributed by atoms with van der Waals surface area (Å²) < 4.78 is 0. The summed E-state index contributed by atoms with van der Waals surface area (Å²) in [7, 11) is 0. The van der Waals surface area contributed by atoms with Crippen LogP contribution in [0.2, 0.25) is 0 Å². The molecular formula is C18H27NO. The Balaban J connectivity index is 1.91. The fourth-order valence-corrected chi connectivity index (χ4v) is 4.15. The first-order valence-corrected chi connectivity index (χ1v) is 8.38. The normalized spacial score (nSPS) is 22.0. The zero-order valence-corrected chi connectivity index (χ0v) is 12.4. The molecule has 0 heterocycles. The molecule has 2 heteroatoms. The second kappa shape index (κ2) is 6.07. The van der Waals surface area contributed by atoms with Crippen molar-refractivity contribution >= 4 is 5.69 Å². The van der Waals surface area contributed by atoms with Crippen LogP contribution in [0.1, 0.15) is 87.2 Å². The highest BCUT2D eigenvalue weighted by atomic mass is 16.3. The lowest BCUT2D eigenvalue weighted by Gasteiger charge is -2.27. The molecule has 0 bridgehead atoms. The average Bonchev–Trinajstić information content (AvgIpc) is 2.51. The largest absolute Gasteiger partial charge is 0.507 e. The highest BCUT2D eigenvalue weighted by Gasteiger charge is 2.25. The minimum Gasteiger partial charge on any atom is -0.507 e. The Morgan fingerprint density at radius 2 is 1.15 bits per heavy atom. The number of hydrogen-bond donors (Lipinski definition) is 2. The number of hydrogen-bond acceptors (Lipinski definition) is 2. The highest BCUT2D eigenvalue weighted by molar-refractivity contribution is 5.55. The van der Waals surface area contributed by atoms with Gasteiger partial charge in [-0.25, -0.2) is 0 Å². The van der Waals surface area contributed by atoms with Crippen molar-refractivity contribution in [3.05, 3.63) is 23.3 Å². The van der Waals surface area contributed by atoms with E-state index in [0.29, 0.717) is 17.6 Å². The molecule has 110 valence electrons. The molecule has 2 saturated carbocycles. The first-order chi connectivity index (χ1) is 9.75. The van der Waals surface area contributed by atoms with Crippen LogP contribution in [0.5, 0.6) is 5.75 Å². The summed E-state index contributed by atoms with van der Waals surface area (Å²) in [5.74, 6) is 1.61. The molecule has 3 rings (SSSR count). The third kappa shape index (κ3) is 2.79. The number of benzene rings is 1. The number of phenols is 1. The zero-order chi connectivity index (χ0) is 13.9. The standard InChI is InChI=1S/C18H27NO/c19-15-11-16(13-7-3-1-4-8-13)18(20)17(12-15)14-9-5-2-6-10-14/h11-14,20H,1-10,19H2. The molecule has 2 aliphatic rings. The Hall–Kier alpha value is -1.18. The predicted octanol–water partition coefficient (Wildman–Crippen LogP) is 5.07. The number of phenolic OH excluding ortho intramolecular Hbond substituents is 1. The van der Waals surface area contributed by atoms with Crippen molar-refractivity contribution in [3.63, 3.8) is 0 Å². The first-order valence-electron chi connectivity index (χ1n) is 8.38. The maximum Gasteiger partial charge on any atom is 0.122 e. The van der Waals surface area contributed by atoms with Crippen molar-refractivity contribution in [1.29, 1.82) is 0 Å². The van der Waals surface area contributed by atoms with Crippen molar-refractivity contribution in [3.8, 4) is 5.75 Å². The van der Waals surface area contributed by atoms with E-state index in [-0.39, 0.29) is 0 Å². The van der Waals surface area contributed by atoms with Gasteiger partial charge < -0.3 is 10.8 Å². The number of aromatic hydroxyl groups is 1. The van der Waals surface area contributed by atoms with Gasteiger partial charge in [-0.2, -0.15) is 0 Å². The molecule has 0 atom stereocenters. The smallest absolute Gasteiger partial charge is 0.122 e. The van der Waals surface area contributed by atoms with Gasteiger partial charge in [0, 0.05) is 5.69 Å². The van der Waals surface area contributed by atoms with E-state index in [1.165, 1.54) is 64.2 Å². The third-order valence-electron chi connectivity index (χ3n) is 5.28. The molecule has 1 aromatic rings. The van der Waals surface area contributed by atoms with Crippen LogP contribution in [0.15, 0.2) is 12.1 Å². The zero-order valence-electron chi connectivity index (χ0n) is 12.4. The quantitative estimate of drug-likeness (QED) is 0.583. The third-order valence-corrected chi connectivity index (χ3v) is 5.28. The molecule has 0 aliphatic heterocycles. The van der Waals surface area contributed by atoms with E-state index in [4.69, 9.17) is 5.73 Å². The van der Waals surface area contributed by atoms with Crippen LogP contribution in [0.3, 0.4) is 0 Å². The van der Waals surface area contributed by atoms with Crippen LogP contribution in [-0.2, 0) is 0 Å². The second-order valence-corrected chi connectivity index (χ2v) is 6.72. The van der Waals surface area contributed by atoms with E-state index in [2.05, 4.69) is 0 Å². The number of nitrogen functional groups attached to an aromatic ring is 1. The lowest BCUT2D eigenvalue weighted by molar-refractivity contribution is 0.393. The van der Waals surface area contributed by atoms with E-state index in [9.17, 15) is 5.11 Å². The van der Waals surface area contributed by atoms with Gasteiger partial charge in [0.25, 0.3) is 0 Å². The van der Waals surface area contributed by atoms with Crippen molar-refractivity contribution in [2.24, 2.45) is 0 Å². The summed E-state index contributed by atoms with van der Waals surface area (Å²) >= 11 is 0. The fourth-order valence-electron chi connectivity index (χ4n) is 4.15. The fraction of sp³-hybridized carbons (Fsp3) is 0.667. The minimum atomic E-state index is 0.523. The number of anilines is 1. The molecule has 3 N–H and O–H groups in total. The molecule has 2 nitrogen and oxygen atoms in total. The molecule has 0 spiro atoms. The highest BCUT2D eigenvalue weighted by Crippen LogP contribution is 2.44. The van der Waals surface area contributed by atoms with Gasteiger partial charge in [-0.3, -0.25) is 0 Å². The molecule has 0 saturated heterocycles. The number of nitrogens with two attached hydrogens (primary N) is 1. The van der Waals surface area contributed by atoms with E-state index < -0.39 is 0 Å². The SMILES string of the molecule is Nc1cc(C2CCCCC2)c(O)c(C2CCCCC2)c1. The Morgan fingerprint density at radius 3 is 1.55 bits per heavy atom. The van der Waals surface area contributed by atoms with Crippen LogP contribution in [0.4, 0.5) is 5.69 Å². The molecule has 0 aromatic heterocycles. The molecule has 0 amide bonds. The minimum absolute atomic E-state index is 0.523. The van der Waals surface area contributed by atoms with Crippen LogP contribution < -0.4 is 5.73 Å². The van der Waals surface area contributed by atoms with Gasteiger partial charge in [0.15, 0.2) is 0 Å². The summed E-state index contributed by atoms with van der Waals surface area (Å²) in [5, 5.41) is 10.8. The summed E-state index contributed by atoms with van der Waals surface area (Å²) in [6.07, 6.45) is 12.7. The van der Waals surface area contributed by atoms with Gasteiger partial charge in [-0.05, 0) is 60.8 Å². The van der Waals surface area contributed by atoms with Crippen molar-refractivity contribution in [2.75, 3.05) is 5.73 Å². The first kappa shape index (κ1) is 13.8. The molecular weight excluding hydrogens is 246 g/mol. The number of rotatable bonds is 2. The van der Waals surface area contributed by atoms with Crippen molar-refractivity contribution in [2.45, 2.75) is 76.0 Å². The van der Waals surface area contributed by atoms with Crippen molar-refractivity contribution in [1.82, 2.24) is 0 Å². The van der Waals surface area contributed by atoms with Gasteiger partial charge in [-0.1, -0.05) is 38.5 Å². The van der Waals surface area contributed by atoms with E-state index in [1.807, 2.05) is 12.1 Å². The monoisotopic (exact) mass is 273 g/mol. The molecule has 1 aromatic carbocycles. The van der Waals surface area contributed by atoms with Gasteiger partial charge in [0.05, 0.1) is 0 Å². The Morgan fingerprint density at radius 1 is 0.750 bits per heavy atom. The van der Waals surface area contributed by atoms with Gasteiger partial charge >= 0.3 is 0 Å². The van der Waals surface area contributed by atoms with Crippen LogP contribution in [0.25, 0.3) is 0 Å². The molecule has 2 fully saturated rings. The van der Waals surface area contributed by atoms with E-state index in [0.717, 1.165) is 16.8 Å². The second-order valence-electron chi connectivity index (χ2n) is 6.72. The Labute approximate surface area is 122 Å². The topological polar surface area (TPSA) is 46.2 Å². The lowest BCUT2D eigenvalue weighted by atomic mass is 9.79. The van der Waals surface area contributed by atoms with E-state index in [1.54, 1.807) is 0 Å². The van der Waals surface area contributed by atoms with Gasteiger partial charge in [-0.15, -0.1) is 0 Å². The molecule has 2 aliphatic carbocycles. The Bertz CT molecular complexity index is 417. The summed E-state index contributed by atoms with van der Waals surface area (Å²) in [6.45, 7) is 0. The van der Waals surface area contributed by atoms with Crippen LogP contribution >= 0.6 is 0 Å². The summed E-state index contributed by atoms with van der Waals surface area (Å²) in [5.41, 5.74) is 9.23. The molecule has 20 heavy (non-hydrogen) atoms. The maximum absolute atomic E-state index is 10.8. The van der Waals surface area contributed by atoms with Crippen LogP contribution in [-0.4, -0.2) is 5.11 Å². The molecule has 0 radical (unpaired) electrons. The van der Waals surface area contributed by atoms with Gasteiger partial charge in [0.2, 0.25) is 0 Å². The summed E-state index contributed by atoms with van der Waals surface area (Å²) in [4.78, 5) is 0. The average molecular weight is 273 g/mol. The van der Waals surface area contributed by atoms with Gasteiger partial charge in [0.1, 0.15) is 5.75 Å². The predicted molar refractivity (Wildman–Crippen MR) is 84.2 cm³/mol. The summed E-state index contributed by atoms with van der Waals surface area (Å²) in [6, 6.07) is 4.05. The maximum atomic E-state index is 10.8. The van der Waals surface area contributed by atoms with E-state index >= 15 is 0 Å². The lowest BCUT2D eigenvalue weighted by Crippen LogP contribution is -2.10. The molecule has 0 unspecified atom stereocenters. The Kier molecular flexibility index (Phi) is 4.18. The van der Waals surface area contributed by atoms with Crippen LogP contribution in [0, 0.1) is 0 Å². The van der Waals surface area contributed by atoms with Crippen molar-refractivity contribution < 1.29 is 5.11 Å².